The average Bonchev–Trinajstić information content (AvgIpc) is 2.56. The number of alkyl halides is 3. The maximum atomic E-state index is 12.0. The maximum absolute atomic E-state index is 12.0. The van der Waals surface area contributed by atoms with Crippen LogP contribution in [0.1, 0.15) is 22.7 Å². The predicted molar refractivity (Wildman–Crippen MR) is 87.4 cm³/mol. The number of carbonyl (C=O) groups excluding carboxylic acids is 1. The van der Waals surface area contributed by atoms with E-state index >= 15 is 0 Å². The van der Waals surface area contributed by atoms with Crippen LogP contribution < -0.4 is 11.1 Å². The molecule has 2 aromatic carbocycles. The third kappa shape index (κ3) is 6.56. The van der Waals surface area contributed by atoms with Crippen molar-refractivity contribution in [2.45, 2.75) is 25.4 Å². The molecule has 0 aliphatic carbocycles. The molecule has 3 N–H and O–H groups in total. The highest BCUT2D eigenvalue weighted by atomic mass is 19.4. The molecular weight excluding hydrogens is 333 g/mol. The number of ether oxygens (including phenoxy) is 1. The number of carbonyl (C=O) groups is 1. The fraction of sp³-hybridized carbons (Fsp3) is 0.278. The van der Waals surface area contributed by atoms with Gasteiger partial charge in [0.05, 0.1) is 6.61 Å². The summed E-state index contributed by atoms with van der Waals surface area (Å²) in [6.45, 7) is -0.985. The molecule has 0 spiro atoms. The number of primary amides is 1. The molecule has 2 aromatic rings. The highest BCUT2D eigenvalue weighted by molar-refractivity contribution is 5.81. The molecule has 25 heavy (non-hydrogen) atoms. The van der Waals surface area contributed by atoms with Crippen LogP contribution >= 0.6 is 0 Å². The topological polar surface area (TPSA) is 64.4 Å². The molecule has 0 saturated heterocycles. The van der Waals surface area contributed by atoms with Crippen molar-refractivity contribution in [3.05, 3.63) is 71.3 Å². The molecule has 134 valence electrons. The van der Waals surface area contributed by atoms with Crippen LogP contribution in [0.25, 0.3) is 0 Å². The van der Waals surface area contributed by atoms with E-state index in [9.17, 15) is 18.0 Å². The Bertz CT molecular complexity index is 673. The second-order valence-corrected chi connectivity index (χ2v) is 5.55. The first-order valence-electron chi connectivity index (χ1n) is 7.65. The zero-order chi connectivity index (χ0) is 18.3. The number of hydrogen-bond acceptors (Lipinski definition) is 3. The zero-order valence-electron chi connectivity index (χ0n) is 13.4. The summed E-state index contributed by atoms with van der Waals surface area (Å²) in [6.07, 6.45) is -4.33. The summed E-state index contributed by atoms with van der Waals surface area (Å²) in [7, 11) is 0. The van der Waals surface area contributed by atoms with Gasteiger partial charge < -0.3 is 10.5 Å². The van der Waals surface area contributed by atoms with Gasteiger partial charge in [0.15, 0.2) is 0 Å². The fourth-order valence-corrected chi connectivity index (χ4v) is 2.29. The molecule has 7 heteroatoms. The molecule has 0 unspecified atom stereocenters. The lowest BCUT2D eigenvalue weighted by atomic mass is 10.1. The standard InChI is InChI=1S/C18H19F3N2O2/c19-18(20,21)12-25-11-14-8-6-13(7-9-14)10-23-16(17(22)24)15-4-2-1-3-5-15/h1-9,16,23H,10-12H2,(H2,22,24)/t16-/m0/s1. The third-order valence-electron chi connectivity index (χ3n) is 3.49. The maximum Gasteiger partial charge on any atom is 0.411 e. The molecule has 0 fully saturated rings. The Hall–Kier alpha value is -2.38. The number of halogens is 3. The monoisotopic (exact) mass is 352 g/mol. The van der Waals surface area contributed by atoms with Crippen LogP contribution in [0.5, 0.6) is 0 Å². The Morgan fingerprint density at radius 1 is 1.04 bits per heavy atom. The summed E-state index contributed by atoms with van der Waals surface area (Å²) in [5, 5.41) is 3.08. The van der Waals surface area contributed by atoms with Crippen LogP contribution in [0.4, 0.5) is 13.2 Å². The Kier molecular flexibility index (Phi) is 6.55. The lowest BCUT2D eigenvalue weighted by molar-refractivity contribution is -0.176. The molecule has 0 aromatic heterocycles. The third-order valence-corrected chi connectivity index (χ3v) is 3.49. The van der Waals surface area contributed by atoms with Crippen molar-refractivity contribution < 1.29 is 22.7 Å². The first-order valence-corrected chi connectivity index (χ1v) is 7.65. The molecule has 1 atom stereocenters. The van der Waals surface area contributed by atoms with E-state index in [2.05, 4.69) is 10.1 Å². The molecule has 0 aliphatic rings. The van der Waals surface area contributed by atoms with Crippen molar-refractivity contribution in [2.75, 3.05) is 6.61 Å². The molecule has 0 radical (unpaired) electrons. The van der Waals surface area contributed by atoms with Crippen molar-refractivity contribution >= 4 is 5.91 Å². The summed E-state index contributed by atoms with van der Waals surface area (Å²) < 4.78 is 40.7. The van der Waals surface area contributed by atoms with Crippen LogP contribution in [-0.4, -0.2) is 18.7 Å². The van der Waals surface area contributed by atoms with E-state index in [0.717, 1.165) is 11.1 Å². The van der Waals surface area contributed by atoms with Crippen molar-refractivity contribution in [3.63, 3.8) is 0 Å². The molecule has 0 saturated carbocycles. The Morgan fingerprint density at radius 3 is 2.20 bits per heavy atom. The van der Waals surface area contributed by atoms with E-state index in [4.69, 9.17) is 5.73 Å². The molecule has 4 nitrogen and oxygen atoms in total. The number of amides is 1. The van der Waals surface area contributed by atoms with Gasteiger partial charge in [0.25, 0.3) is 0 Å². The minimum absolute atomic E-state index is 0.110. The van der Waals surface area contributed by atoms with Crippen LogP contribution in [0, 0.1) is 0 Å². The van der Waals surface area contributed by atoms with Crippen molar-refractivity contribution in [1.82, 2.24) is 5.32 Å². The van der Waals surface area contributed by atoms with Gasteiger partial charge in [-0.15, -0.1) is 0 Å². The molecule has 1 amide bonds. The predicted octanol–water partition coefficient (Wildman–Crippen LogP) is 3.08. The van der Waals surface area contributed by atoms with Gasteiger partial charge in [-0.2, -0.15) is 13.2 Å². The Balaban J connectivity index is 1.89. The largest absolute Gasteiger partial charge is 0.411 e. The van der Waals surface area contributed by atoms with Crippen molar-refractivity contribution in [2.24, 2.45) is 5.73 Å². The number of nitrogens with two attached hydrogens (primary N) is 1. The number of benzene rings is 2. The summed E-state index contributed by atoms with van der Waals surface area (Å²) in [4.78, 5) is 11.6. The lowest BCUT2D eigenvalue weighted by Gasteiger charge is -2.16. The molecule has 0 bridgehead atoms. The van der Waals surface area contributed by atoms with E-state index < -0.39 is 24.7 Å². The van der Waals surface area contributed by atoms with Crippen molar-refractivity contribution in [3.8, 4) is 0 Å². The van der Waals surface area contributed by atoms with Crippen LogP contribution in [0.15, 0.2) is 54.6 Å². The minimum Gasteiger partial charge on any atom is -0.368 e. The number of nitrogens with one attached hydrogen (secondary N) is 1. The van der Waals surface area contributed by atoms with E-state index in [1.165, 1.54) is 0 Å². The SMILES string of the molecule is NC(=O)[C@@H](NCc1ccc(COCC(F)(F)F)cc1)c1ccccc1. The molecule has 0 heterocycles. The number of rotatable bonds is 8. The summed E-state index contributed by atoms with van der Waals surface area (Å²) in [5.74, 6) is -0.483. The van der Waals surface area contributed by atoms with Crippen molar-refractivity contribution in [1.29, 1.82) is 0 Å². The van der Waals surface area contributed by atoms with E-state index in [0.29, 0.717) is 12.1 Å². The second-order valence-electron chi connectivity index (χ2n) is 5.55. The number of hydrogen-bond donors (Lipinski definition) is 2. The van der Waals surface area contributed by atoms with E-state index in [-0.39, 0.29) is 6.61 Å². The summed E-state index contributed by atoms with van der Waals surface area (Å²) in [6, 6.07) is 15.4. The van der Waals surface area contributed by atoms with Gasteiger partial charge in [0.2, 0.25) is 5.91 Å². The quantitative estimate of drug-likeness (QED) is 0.767. The molecule has 2 rings (SSSR count). The minimum atomic E-state index is -4.33. The van der Waals surface area contributed by atoms with E-state index in [1.807, 2.05) is 30.3 Å². The summed E-state index contributed by atoms with van der Waals surface area (Å²) >= 11 is 0. The summed E-state index contributed by atoms with van der Waals surface area (Å²) in [5.41, 5.74) is 7.73. The fourth-order valence-electron chi connectivity index (χ4n) is 2.29. The first-order chi connectivity index (χ1) is 11.8. The smallest absolute Gasteiger partial charge is 0.368 e. The molecule has 0 aliphatic heterocycles. The van der Waals surface area contributed by atoms with Crippen LogP contribution in [0.3, 0.4) is 0 Å². The van der Waals surface area contributed by atoms with Gasteiger partial charge in [-0.1, -0.05) is 54.6 Å². The normalized spacial score (nSPS) is 12.8. The van der Waals surface area contributed by atoms with Gasteiger partial charge in [-0.05, 0) is 16.7 Å². The highest BCUT2D eigenvalue weighted by Gasteiger charge is 2.27. The highest BCUT2D eigenvalue weighted by Crippen LogP contribution is 2.16. The molecular formula is C18H19F3N2O2. The van der Waals surface area contributed by atoms with Gasteiger partial charge in [0, 0.05) is 6.54 Å². The van der Waals surface area contributed by atoms with Gasteiger partial charge in [-0.25, -0.2) is 0 Å². The zero-order valence-corrected chi connectivity index (χ0v) is 13.4. The Morgan fingerprint density at radius 2 is 1.64 bits per heavy atom. The average molecular weight is 352 g/mol. The van der Waals surface area contributed by atoms with Gasteiger partial charge in [0.1, 0.15) is 12.6 Å². The Labute approximate surface area is 143 Å². The van der Waals surface area contributed by atoms with E-state index in [1.54, 1.807) is 24.3 Å². The van der Waals surface area contributed by atoms with Crippen LogP contribution in [-0.2, 0) is 22.7 Å². The first kappa shape index (κ1) is 19.0. The second kappa shape index (κ2) is 8.64. The van der Waals surface area contributed by atoms with Gasteiger partial charge >= 0.3 is 6.18 Å². The van der Waals surface area contributed by atoms with Gasteiger partial charge in [-0.3, -0.25) is 10.1 Å². The van der Waals surface area contributed by atoms with Crippen LogP contribution in [0.2, 0.25) is 0 Å². The lowest BCUT2D eigenvalue weighted by Crippen LogP contribution is -2.33.